The number of nitrogens with one attached hydrogen (secondary N) is 1. The van der Waals surface area contributed by atoms with Crippen molar-refractivity contribution in [2.24, 2.45) is 0 Å². The molecule has 0 radical (unpaired) electrons. The molecule has 2 atom stereocenters. The fourth-order valence-electron chi connectivity index (χ4n) is 4.50. The first kappa shape index (κ1) is 21.4. The van der Waals surface area contributed by atoms with Crippen LogP contribution in [0.3, 0.4) is 0 Å². The molecule has 2 aromatic carbocycles. The Labute approximate surface area is 186 Å². The summed E-state index contributed by atoms with van der Waals surface area (Å²) in [6, 6.07) is 17.4. The van der Waals surface area contributed by atoms with E-state index in [0.717, 1.165) is 30.1 Å². The van der Waals surface area contributed by atoms with Crippen molar-refractivity contribution in [1.82, 2.24) is 15.1 Å². The number of allylic oxidation sites excluding steroid dienone is 1. The summed E-state index contributed by atoms with van der Waals surface area (Å²) >= 11 is 0. The lowest BCUT2D eigenvalue weighted by atomic mass is 9.95. The van der Waals surface area contributed by atoms with Crippen LogP contribution in [0, 0.1) is 13.8 Å². The van der Waals surface area contributed by atoms with Crippen molar-refractivity contribution in [2.45, 2.75) is 58.5 Å². The van der Waals surface area contributed by atoms with Crippen LogP contribution in [0.5, 0.6) is 5.75 Å². The molecule has 0 bridgehead atoms. The van der Waals surface area contributed by atoms with E-state index < -0.39 is 0 Å². The van der Waals surface area contributed by atoms with Gasteiger partial charge in [0.15, 0.2) is 0 Å². The maximum atomic E-state index is 5.28. The molecule has 1 aromatic heterocycles. The quantitative estimate of drug-likeness (QED) is 0.494. The van der Waals surface area contributed by atoms with Crippen LogP contribution in [0.4, 0.5) is 0 Å². The van der Waals surface area contributed by atoms with E-state index in [1.165, 1.54) is 22.4 Å². The molecular formula is C27H33N3O. The maximum absolute atomic E-state index is 5.28. The number of rotatable bonds is 7. The lowest BCUT2D eigenvalue weighted by Crippen LogP contribution is -2.25. The first-order valence-corrected chi connectivity index (χ1v) is 11.2. The number of ether oxygens (including phenoxy) is 1. The fourth-order valence-corrected chi connectivity index (χ4v) is 4.50. The zero-order chi connectivity index (χ0) is 22.0. The predicted octanol–water partition coefficient (Wildman–Crippen LogP) is 5.82. The Morgan fingerprint density at radius 2 is 1.74 bits per heavy atom. The molecule has 1 aliphatic carbocycles. The van der Waals surface area contributed by atoms with Gasteiger partial charge in [0, 0.05) is 29.8 Å². The van der Waals surface area contributed by atoms with Gasteiger partial charge in [-0.2, -0.15) is 5.10 Å². The Bertz CT molecular complexity index is 1050. The third-order valence-electron chi connectivity index (χ3n) is 6.33. The lowest BCUT2D eigenvalue weighted by molar-refractivity contribution is 0.414. The van der Waals surface area contributed by atoms with Crippen molar-refractivity contribution in [1.29, 1.82) is 0 Å². The van der Waals surface area contributed by atoms with E-state index in [9.17, 15) is 0 Å². The molecule has 0 amide bonds. The highest BCUT2D eigenvalue weighted by molar-refractivity contribution is 5.43. The first-order chi connectivity index (χ1) is 15.0. The monoisotopic (exact) mass is 415 g/mol. The largest absolute Gasteiger partial charge is 0.497 e. The van der Waals surface area contributed by atoms with Crippen LogP contribution in [0.1, 0.15) is 60.2 Å². The Morgan fingerprint density at radius 1 is 1.03 bits per heavy atom. The molecule has 0 unspecified atom stereocenters. The van der Waals surface area contributed by atoms with Crippen molar-refractivity contribution in [3.05, 3.63) is 88.8 Å². The molecule has 3 aromatic rings. The zero-order valence-corrected chi connectivity index (χ0v) is 19.2. The van der Waals surface area contributed by atoms with Gasteiger partial charge in [-0.1, -0.05) is 50.3 Å². The predicted molar refractivity (Wildman–Crippen MR) is 127 cm³/mol. The molecule has 0 aliphatic heterocycles. The molecule has 4 heteroatoms. The van der Waals surface area contributed by atoms with Crippen LogP contribution >= 0.6 is 0 Å². The van der Waals surface area contributed by atoms with Crippen LogP contribution in [0.15, 0.2) is 60.7 Å². The van der Waals surface area contributed by atoms with E-state index in [1.807, 2.05) is 12.1 Å². The van der Waals surface area contributed by atoms with Gasteiger partial charge in [0.05, 0.1) is 18.5 Å². The second kappa shape index (κ2) is 9.11. The highest BCUT2D eigenvalue weighted by Gasteiger charge is 2.26. The molecule has 4 rings (SSSR count). The number of aryl methyl sites for hydroxylation is 1. The first-order valence-electron chi connectivity index (χ1n) is 11.2. The van der Waals surface area contributed by atoms with Gasteiger partial charge in [-0.05, 0) is 61.6 Å². The molecule has 0 fully saturated rings. The zero-order valence-electron chi connectivity index (χ0n) is 19.2. The van der Waals surface area contributed by atoms with Gasteiger partial charge in [0.25, 0.3) is 0 Å². The molecular weight excluding hydrogens is 382 g/mol. The molecule has 4 nitrogen and oxygen atoms in total. The summed E-state index contributed by atoms with van der Waals surface area (Å²) in [6.07, 6.45) is 5.73. The molecule has 0 spiro atoms. The summed E-state index contributed by atoms with van der Waals surface area (Å²) in [6.45, 7) is 9.65. The molecule has 31 heavy (non-hydrogen) atoms. The van der Waals surface area contributed by atoms with Crippen LogP contribution in [0.25, 0.3) is 5.69 Å². The lowest BCUT2D eigenvalue weighted by Gasteiger charge is -2.15. The van der Waals surface area contributed by atoms with E-state index >= 15 is 0 Å². The van der Waals surface area contributed by atoms with E-state index in [1.54, 1.807) is 7.11 Å². The Kier molecular flexibility index (Phi) is 6.28. The van der Waals surface area contributed by atoms with Crippen LogP contribution in [0.2, 0.25) is 0 Å². The molecule has 0 saturated heterocycles. The average Bonchev–Trinajstić information content (AvgIpc) is 3.36. The smallest absolute Gasteiger partial charge is 0.119 e. The van der Waals surface area contributed by atoms with Gasteiger partial charge in [-0.25, -0.2) is 4.68 Å². The van der Waals surface area contributed by atoms with Gasteiger partial charge in [0.2, 0.25) is 0 Å². The minimum Gasteiger partial charge on any atom is -0.497 e. The van der Waals surface area contributed by atoms with Crippen molar-refractivity contribution in [3.8, 4) is 11.4 Å². The van der Waals surface area contributed by atoms with Crippen LogP contribution in [-0.4, -0.2) is 22.9 Å². The number of benzene rings is 2. The van der Waals surface area contributed by atoms with Crippen molar-refractivity contribution < 1.29 is 4.74 Å². The number of hydrogen-bond acceptors (Lipinski definition) is 3. The Morgan fingerprint density at radius 3 is 2.39 bits per heavy atom. The highest BCUT2D eigenvalue weighted by Crippen LogP contribution is 2.34. The summed E-state index contributed by atoms with van der Waals surface area (Å²) in [5.74, 6) is 1.83. The Balaban J connectivity index is 1.42. The topological polar surface area (TPSA) is 39.1 Å². The number of aromatic nitrogens is 2. The molecule has 1 aliphatic rings. The number of hydrogen-bond donors (Lipinski definition) is 1. The molecule has 0 saturated carbocycles. The van der Waals surface area contributed by atoms with Crippen LogP contribution in [-0.2, 0) is 6.54 Å². The second-order valence-corrected chi connectivity index (χ2v) is 8.81. The highest BCUT2D eigenvalue weighted by atomic mass is 16.5. The summed E-state index contributed by atoms with van der Waals surface area (Å²) in [4.78, 5) is 0. The molecule has 1 heterocycles. The second-order valence-electron chi connectivity index (χ2n) is 8.81. The van der Waals surface area contributed by atoms with Crippen LogP contribution < -0.4 is 10.1 Å². The third kappa shape index (κ3) is 4.59. The summed E-state index contributed by atoms with van der Waals surface area (Å²) in [5.41, 5.74) is 7.45. The number of methoxy groups -OCH3 is 1. The number of nitrogens with zero attached hydrogens (tertiary/aromatic N) is 2. The van der Waals surface area contributed by atoms with E-state index in [0.29, 0.717) is 17.9 Å². The SMILES string of the molecule is COc1ccc(-n2nc(C)c([C@@H]3C=C[C@@H](NCc4ccc(C(C)C)cc4)C3)c2C)cc1. The normalized spacial score (nSPS) is 18.1. The van der Waals surface area contributed by atoms with E-state index in [2.05, 4.69) is 86.2 Å². The minimum absolute atomic E-state index is 0.387. The van der Waals surface area contributed by atoms with Gasteiger partial charge in [0.1, 0.15) is 5.75 Å². The van der Waals surface area contributed by atoms with Crippen molar-refractivity contribution in [2.75, 3.05) is 7.11 Å². The van der Waals surface area contributed by atoms with Crippen molar-refractivity contribution >= 4 is 0 Å². The Hall–Kier alpha value is -2.85. The van der Waals surface area contributed by atoms with Crippen molar-refractivity contribution in [3.63, 3.8) is 0 Å². The summed E-state index contributed by atoms with van der Waals surface area (Å²) in [5, 5.41) is 8.55. The standard InChI is InChI=1S/C27H33N3O/c1-18(2)22-8-6-21(7-9-22)17-28-24-11-10-23(16-24)27-19(3)29-30(20(27)4)25-12-14-26(31-5)15-13-25/h6-15,18,23-24,28H,16-17H2,1-5H3/t23-,24-/m1/s1. The van der Waals surface area contributed by atoms with Gasteiger partial charge >= 0.3 is 0 Å². The van der Waals surface area contributed by atoms with Gasteiger partial charge in [-0.15, -0.1) is 0 Å². The molecule has 162 valence electrons. The minimum atomic E-state index is 0.387. The average molecular weight is 416 g/mol. The van der Waals surface area contributed by atoms with Gasteiger partial charge < -0.3 is 10.1 Å². The third-order valence-corrected chi connectivity index (χ3v) is 6.33. The fraction of sp³-hybridized carbons (Fsp3) is 0.370. The van der Waals surface area contributed by atoms with E-state index in [-0.39, 0.29) is 0 Å². The van der Waals surface area contributed by atoms with Gasteiger partial charge in [-0.3, -0.25) is 0 Å². The summed E-state index contributed by atoms with van der Waals surface area (Å²) in [7, 11) is 1.69. The molecule has 1 N–H and O–H groups in total. The van der Waals surface area contributed by atoms with E-state index in [4.69, 9.17) is 9.84 Å². The maximum Gasteiger partial charge on any atom is 0.119 e. The summed E-state index contributed by atoms with van der Waals surface area (Å²) < 4.78 is 7.33.